The first kappa shape index (κ1) is 66.6. The van der Waals surface area contributed by atoms with Crippen LogP contribution in [0.3, 0.4) is 0 Å². The highest BCUT2D eigenvalue weighted by Gasteiger charge is 2.19. The Morgan fingerprint density at radius 3 is 0.841 bits per heavy atom. The van der Waals surface area contributed by atoms with Crippen LogP contribution in [-0.4, -0.2) is 37.2 Å². The number of carbonyl (C=O) groups excluding carboxylic acids is 3. The lowest BCUT2D eigenvalue weighted by Gasteiger charge is -2.18. The molecule has 0 aromatic heterocycles. The zero-order valence-corrected chi connectivity index (χ0v) is 46.3. The van der Waals surface area contributed by atoms with E-state index in [1.807, 2.05) is 0 Å². The van der Waals surface area contributed by atoms with E-state index in [9.17, 15) is 14.4 Å². The molecule has 0 aliphatic rings. The Balaban J connectivity index is 4.34. The van der Waals surface area contributed by atoms with E-state index < -0.39 is 6.10 Å². The Kier molecular flexibility index (Phi) is 56.2. The predicted molar refractivity (Wildman–Crippen MR) is 298 cm³/mol. The molecular formula is C63H116O6. The molecule has 0 radical (unpaired) electrons. The molecule has 0 aliphatic heterocycles. The summed E-state index contributed by atoms with van der Waals surface area (Å²) in [5.74, 6) is -0.874. The van der Waals surface area contributed by atoms with Crippen LogP contribution in [0.4, 0.5) is 0 Å². The van der Waals surface area contributed by atoms with Crippen molar-refractivity contribution in [3.63, 3.8) is 0 Å². The van der Waals surface area contributed by atoms with E-state index in [0.29, 0.717) is 19.3 Å². The maximum atomic E-state index is 12.9. The lowest BCUT2D eigenvalue weighted by molar-refractivity contribution is -0.167. The number of ether oxygens (including phenoxy) is 3. The van der Waals surface area contributed by atoms with Crippen LogP contribution in [0.2, 0.25) is 0 Å². The smallest absolute Gasteiger partial charge is 0.306 e. The van der Waals surface area contributed by atoms with Crippen LogP contribution in [-0.2, 0) is 28.6 Å². The van der Waals surface area contributed by atoms with Crippen molar-refractivity contribution < 1.29 is 28.6 Å². The van der Waals surface area contributed by atoms with Gasteiger partial charge in [-0.25, -0.2) is 0 Å². The van der Waals surface area contributed by atoms with Gasteiger partial charge in [0.1, 0.15) is 13.2 Å². The minimum absolute atomic E-state index is 0.0741. The monoisotopic (exact) mass is 969 g/mol. The Labute approximate surface area is 429 Å². The molecule has 0 aromatic carbocycles. The number of hydrogen-bond acceptors (Lipinski definition) is 6. The molecule has 0 bridgehead atoms. The average Bonchev–Trinajstić information content (AvgIpc) is 3.35. The second-order valence-corrected chi connectivity index (χ2v) is 20.6. The summed E-state index contributed by atoms with van der Waals surface area (Å²) in [4.78, 5) is 38.2. The van der Waals surface area contributed by atoms with Crippen LogP contribution < -0.4 is 0 Å². The maximum Gasteiger partial charge on any atom is 0.306 e. The molecule has 0 aliphatic carbocycles. The molecule has 6 nitrogen and oxygen atoms in total. The van der Waals surface area contributed by atoms with E-state index in [4.69, 9.17) is 14.2 Å². The molecule has 0 aromatic rings. The van der Waals surface area contributed by atoms with Crippen LogP contribution in [0.15, 0.2) is 36.5 Å². The topological polar surface area (TPSA) is 78.9 Å². The van der Waals surface area contributed by atoms with E-state index >= 15 is 0 Å². The Morgan fingerprint density at radius 1 is 0.290 bits per heavy atom. The highest BCUT2D eigenvalue weighted by Crippen LogP contribution is 2.17. The van der Waals surface area contributed by atoms with Gasteiger partial charge in [0, 0.05) is 19.3 Å². The minimum Gasteiger partial charge on any atom is -0.462 e. The number of unbranched alkanes of at least 4 members (excludes halogenated alkanes) is 39. The number of carbonyl (C=O) groups is 3. The molecule has 69 heavy (non-hydrogen) atoms. The van der Waals surface area contributed by atoms with Gasteiger partial charge in [-0.1, -0.05) is 288 Å². The lowest BCUT2D eigenvalue weighted by Crippen LogP contribution is -2.30. The van der Waals surface area contributed by atoms with Crippen LogP contribution in [0.5, 0.6) is 0 Å². The van der Waals surface area contributed by atoms with Crippen LogP contribution in [0.25, 0.3) is 0 Å². The summed E-state index contributed by atoms with van der Waals surface area (Å²) >= 11 is 0. The van der Waals surface area contributed by atoms with Gasteiger partial charge < -0.3 is 14.2 Å². The highest BCUT2D eigenvalue weighted by atomic mass is 16.6. The van der Waals surface area contributed by atoms with Crippen LogP contribution >= 0.6 is 0 Å². The van der Waals surface area contributed by atoms with Gasteiger partial charge in [0.2, 0.25) is 0 Å². The van der Waals surface area contributed by atoms with Gasteiger partial charge in [-0.2, -0.15) is 0 Å². The van der Waals surface area contributed by atoms with E-state index in [0.717, 1.165) is 83.5 Å². The predicted octanol–water partition coefficient (Wildman–Crippen LogP) is 20.4. The third-order valence-electron chi connectivity index (χ3n) is 13.6. The SMILES string of the molecule is CCCCC/C=C\C/C=C\C/C=C\CCCCCCC(=O)OC[C@H](COC(=O)CCCCCCCCCCCCCCCCCCCCC)OC(=O)CCCCCCCCCCCCCCCCC. The van der Waals surface area contributed by atoms with Gasteiger partial charge in [0.05, 0.1) is 0 Å². The first-order valence-corrected chi connectivity index (χ1v) is 30.5. The summed E-state index contributed by atoms with van der Waals surface area (Å²) in [6, 6.07) is 0. The number of allylic oxidation sites excluding steroid dienone is 6. The van der Waals surface area contributed by atoms with Gasteiger partial charge in [-0.05, 0) is 57.8 Å². The van der Waals surface area contributed by atoms with Crippen molar-refractivity contribution in [1.82, 2.24) is 0 Å². The van der Waals surface area contributed by atoms with Crippen molar-refractivity contribution in [1.29, 1.82) is 0 Å². The van der Waals surface area contributed by atoms with E-state index in [-0.39, 0.29) is 31.1 Å². The highest BCUT2D eigenvalue weighted by molar-refractivity contribution is 5.71. The summed E-state index contributed by atoms with van der Waals surface area (Å²) in [7, 11) is 0. The molecule has 404 valence electrons. The summed E-state index contributed by atoms with van der Waals surface area (Å²) < 4.78 is 16.9. The molecule has 0 N–H and O–H groups in total. The van der Waals surface area contributed by atoms with Crippen molar-refractivity contribution in [2.24, 2.45) is 0 Å². The second kappa shape index (κ2) is 58.2. The molecule has 0 heterocycles. The van der Waals surface area contributed by atoms with E-state index in [1.165, 1.54) is 205 Å². The second-order valence-electron chi connectivity index (χ2n) is 20.6. The quantitative estimate of drug-likeness (QED) is 0.0261. The standard InChI is InChI=1S/C63H116O6/c1-4-7-10-13-16-19-22-25-28-30-31-33-36-38-41-44-47-50-53-56-62(65)68-59-60(69-63(66)57-54-51-48-45-42-39-34-27-24-21-18-15-12-9-6-3)58-67-61(64)55-52-49-46-43-40-37-35-32-29-26-23-20-17-14-11-8-5-2/h17,20,26,29,35,37,60H,4-16,18-19,21-25,27-28,30-34,36,38-59H2,1-3H3/b20-17-,29-26-,37-35-/t60-/m1/s1. The van der Waals surface area contributed by atoms with Crippen molar-refractivity contribution >= 4 is 17.9 Å². The van der Waals surface area contributed by atoms with Crippen molar-refractivity contribution in [2.45, 2.75) is 335 Å². The number of hydrogen-bond donors (Lipinski definition) is 0. The van der Waals surface area contributed by atoms with Crippen molar-refractivity contribution in [2.75, 3.05) is 13.2 Å². The number of rotatable bonds is 56. The van der Waals surface area contributed by atoms with E-state index in [1.54, 1.807) is 0 Å². The zero-order valence-electron chi connectivity index (χ0n) is 46.3. The Bertz CT molecular complexity index is 1160. The zero-order chi connectivity index (χ0) is 50.0. The summed E-state index contributed by atoms with van der Waals surface area (Å²) in [5.41, 5.74) is 0. The first-order chi connectivity index (χ1) is 34.0. The minimum atomic E-state index is -0.777. The number of esters is 3. The van der Waals surface area contributed by atoms with Crippen LogP contribution in [0, 0.1) is 0 Å². The molecule has 0 amide bonds. The summed E-state index contributed by atoms with van der Waals surface area (Å²) in [6.07, 6.45) is 69.9. The Hall–Kier alpha value is -2.37. The largest absolute Gasteiger partial charge is 0.462 e. The molecule has 1 atom stereocenters. The van der Waals surface area contributed by atoms with Gasteiger partial charge >= 0.3 is 17.9 Å². The lowest BCUT2D eigenvalue weighted by atomic mass is 10.0. The molecule has 0 unspecified atom stereocenters. The van der Waals surface area contributed by atoms with Crippen molar-refractivity contribution in [3.05, 3.63) is 36.5 Å². The average molecular weight is 970 g/mol. The van der Waals surface area contributed by atoms with E-state index in [2.05, 4.69) is 57.2 Å². The maximum absolute atomic E-state index is 12.9. The third kappa shape index (κ3) is 56.4. The van der Waals surface area contributed by atoms with Gasteiger partial charge in [-0.3, -0.25) is 14.4 Å². The van der Waals surface area contributed by atoms with Gasteiger partial charge in [-0.15, -0.1) is 0 Å². The normalized spacial score (nSPS) is 12.2. The molecule has 0 spiro atoms. The fourth-order valence-corrected chi connectivity index (χ4v) is 9.04. The summed E-state index contributed by atoms with van der Waals surface area (Å²) in [6.45, 7) is 6.65. The fourth-order valence-electron chi connectivity index (χ4n) is 9.04. The van der Waals surface area contributed by atoms with Crippen LogP contribution in [0.1, 0.15) is 329 Å². The molecule has 6 heteroatoms. The third-order valence-corrected chi connectivity index (χ3v) is 13.6. The first-order valence-electron chi connectivity index (χ1n) is 30.5. The molecule has 0 saturated heterocycles. The van der Waals surface area contributed by atoms with Gasteiger partial charge in [0.15, 0.2) is 6.10 Å². The molecule has 0 saturated carbocycles. The molecule has 0 fully saturated rings. The van der Waals surface area contributed by atoms with Gasteiger partial charge in [0.25, 0.3) is 0 Å². The summed E-state index contributed by atoms with van der Waals surface area (Å²) in [5, 5.41) is 0. The molecular weight excluding hydrogens is 853 g/mol. The molecule has 0 rings (SSSR count). The fraction of sp³-hybridized carbons (Fsp3) is 0.857. The Morgan fingerprint density at radius 2 is 0.522 bits per heavy atom. The van der Waals surface area contributed by atoms with Crippen molar-refractivity contribution in [3.8, 4) is 0 Å².